The third-order valence-corrected chi connectivity index (χ3v) is 3.67. The Morgan fingerprint density at radius 2 is 1.76 bits per heavy atom. The molecule has 21 heavy (non-hydrogen) atoms. The average Bonchev–Trinajstić information content (AvgIpc) is 2.87. The molecule has 0 bridgehead atoms. The lowest BCUT2D eigenvalue weighted by molar-refractivity contribution is -0.138. The smallest absolute Gasteiger partial charge is 0.312 e. The Balaban J connectivity index is 1.98. The fraction of sp³-hybridized carbons (Fsp3) is 0.125. The van der Waals surface area contributed by atoms with Crippen LogP contribution in [0.3, 0.4) is 0 Å². The number of carboxylic acids is 1. The van der Waals surface area contributed by atoms with E-state index in [-0.39, 0.29) is 12.5 Å². The van der Waals surface area contributed by atoms with E-state index in [1.165, 1.54) is 4.90 Å². The van der Waals surface area contributed by atoms with Gasteiger partial charge in [-0.05, 0) is 35.9 Å². The molecule has 0 saturated carbocycles. The Kier molecular flexibility index (Phi) is 3.10. The second-order valence-corrected chi connectivity index (χ2v) is 4.99. The van der Waals surface area contributed by atoms with Gasteiger partial charge in [0.25, 0.3) is 5.91 Å². The summed E-state index contributed by atoms with van der Waals surface area (Å²) in [5.74, 6) is -1.82. The first kappa shape index (κ1) is 13.2. The molecule has 0 fully saturated rings. The van der Waals surface area contributed by atoms with E-state index in [1.54, 1.807) is 48.5 Å². The van der Waals surface area contributed by atoms with Crippen LogP contribution in [0.15, 0.2) is 48.5 Å². The first-order valence-electron chi connectivity index (χ1n) is 6.57. The van der Waals surface area contributed by atoms with Crippen LogP contribution in [0.1, 0.15) is 21.8 Å². The zero-order valence-corrected chi connectivity index (χ0v) is 11.2. The van der Waals surface area contributed by atoms with Gasteiger partial charge in [0.05, 0.1) is 0 Å². The molecule has 1 atom stereocenters. The van der Waals surface area contributed by atoms with Gasteiger partial charge in [0, 0.05) is 23.5 Å². The molecule has 3 N–H and O–H groups in total. The van der Waals surface area contributed by atoms with Crippen molar-refractivity contribution in [2.75, 3.05) is 17.2 Å². The number of carbonyl (C=O) groups excluding carboxylic acids is 1. The monoisotopic (exact) mass is 282 g/mol. The van der Waals surface area contributed by atoms with Crippen LogP contribution < -0.4 is 10.6 Å². The van der Waals surface area contributed by atoms with E-state index in [9.17, 15) is 14.7 Å². The normalized spacial score (nSPS) is 16.6. The van der Waals surface area contributed by atoms with E-state index >= 15 is 0 Å². The van der Waals surface area contributed by atoms with Gasteiger partial charge < -0.3 is 15.7 Å². The van der Waals surface area contributed by atoms with E-state index < -0.39 is 11.9 Å². The Morgan fingerprint density at radius 1 is 1.10 bits per heavy atom. The molecule has 0 spiro atoms. The van der Waals surface area contributed by atoms with Crippen molar-refractivity contribution >= 4 is 23.3 Å². The summed E-state index contributed by atoms with van der Waals surface area (Å²) < 4.78 is 0. The zero-order chi connectivity index (χ0) is 15.0. The van der Waals surface area contributed by atoms with Gasteiger partial charge in [-0.15, -0.1) is 0 Å². The third-order valence-electron chi connectivity index (χ3n) is 3.67. The van der Waals surface area contributed by atoms with E-state index in [2.05, 4.69) is 0 Å². The second-order valence-electron chi connectivity index (χ2n) is 4.99. The highest BCUT2D eigenvalue weighted by Gasteiger charge is 2.36. The van der Waals surface area contributed by atoms with Crippen LogP contribution in [-0.2, 0) is 4.79 Å². The van der Waals surface area contributed by atoms with Crippen molar-refractivity contribution in [2.45, 2.75) is 5.92 Å². The number of nitrogens with two attached hydrogens (primary N) is 1. The molecule has 1 unspecified atom stereocenters. The molecule has 2 aromatic rings. The van der Waals surface area contributed by atoms with Gasteiger partial charge in [-0.3, -0.25) is 9.59 Å². The van der Waals surface area contributed by atoms with Gasteiger partial charge in [0.1, 0.15) is 5.92 Å². The van der Waals surface area contributed by atoms with Crippen LogP contribution in [0.25, 0.3) is 0 Å². The van der Waals surface area contributed by atoms with Crippen LogP contribution in [-0.4, -0.2) is 23.5 Å². The number of fused-ring (bicyclic) bond motifs is 1. The maximum atomic E-state index is 12.6. The zero-order valence-electron chi connectivity index (χ0n) is 11.2. The first-order chi connectivity index (χ1) is 10.1. The first-order valence-corrected chi connectivity index (χ1v) is 6.57. The number of hydrogen-bond donors (Lipinski definition) is 2. The summed E-state index contributed by atoms with van der Waals surface area (Å²) in [7, 11) is 0. The van der Waals surface area contributed by atoms with Crippen molar-refractivity contribution in [1.29, 1.82) is 0 Å². The predicted octanol–water partition coefficient (Wildman–Crippen LogP) is 2.10. The lowest BCUT2D eigenvalue weighted by Gasteiger charge is -2.17. The second kappa shape index (κ2) is 4.94. The van der Waals surface area contributed by atoms with Crippen LogP contribution in [0.2, 0.25) is 0 Å². The van der Waals surface area contributed by atoms with Crippen LogP contribution in [0.4, 0.5) is 11.4 Å². The van der Waals surface area contributed by atoms with Crippen LogP contribution >= 0.6 is 0 Å². The molecule has 1 aliphatic heterocycles. The van der Waals surface area contributed by atoms with Gasteiger partial charge in [-0.1, -0.05) is 18.2 Å². The number of nitrogens with zero attached hydrogens (tertiary/aromatic N) is 1. The summed E-state index contributed by atoms with van der Waals surface area (Å²) in [6.07, 6.45) is 0. The maximum absolute atomic E-state index is 12.6. The van der Waals surface area contributed by atoms with Crippen LogP contribution in [0.5, 0.6) is 0 Å². The molecular weight excluding hydrogens is 268 g/mol. The van der Waals surface area contributed by atoms with Crippen molar-refractivity contribution in [3.05, 3.63) is 59.7 Å². The van der Waals surface area contributed by atoms with Crippen molar-refractivity contribution < 1.29 is 14.7 Å². The van der Waals surface area contributed by atoms with Crippen molar-refractivity contribution in [2.24, 2.45) is 0 Å². The summed E-state index contributed by atoms with van der Waals surface area (Å²) in [6.45, 7) is 0.151. The Bertz CT molecular complexity index is 710. The fourth-order valence-electron chi connectivity index (χ4n) is 2.59. The molecular formula is C16H14N2O3. The average molecular weight is 282 g/mol. The number of hydrogen-bond acceptors (Lipinski definition) is 3. The molecule has 3 rings (SSSR count). The lowest BCUT2D eigenvalue weighted by atomic mass is 10.0. The number of carboxylic acid groups (broad SMARTS) is 1. The lowest BCUT2D eigenvalue weighted by Crippen LogP contribution is -2.31. The molecule has 0 aliphatic carbocycles. The Hall–Kier alpha value is -2.82. The number of amides is 1. The summed E-state index contributed by atoms with van der Waals surface area (Å²) in [5, 5.41) is 9.31. The third kappa shape index (κ3) is 2.23. The standard InChI is InChI=1S/C16H14N2O3/c17-11-7-5-10(6-8-11)15(19)18-9-13(16(20)21)12-3-1-2-4-14(12)18/h1-8,13H,9,17H2,(H,20,21). The minimum atomic E-state index is -0.921. The molecule has 1 amide bonds. The number of carbonyl (C=O) groups is 2. The van der Waals surface area contributed by atoms with Crippen molar-refractivity contribution in [3.63, 3.8) is 0 Å². The molecule has 0 aromatic heterocycles. The number of para-hydroxylation sites is 1. The van der Waals surface area contributed by atoms with E-state index in [4.69, 9.17) is 5.73 Å². The highest BCUT2D eigenvalue weighted by Crippen LogP contribution is 2.37. The highest BCUT2D eigenvalue weighted by molar-refractivity contribution is 6.08. The molecule has 0 radical (unpaired) electrons. The number of anilines is 2. The molecule has 1 heterocycles. The number of nitrogen functional groups attached to an aromatic ring is 1. The number of benzene rings is 2. The van der Waals surface area contributed by atoms with Gasteiger partial charge in [0.15, 0.2) is 0 Å². The van der Waals surface area contributed by atoms with Gasteiger partial charge in [0.2, 0.25) is 0 Å². The summed E-state index contributed by atoms with van der Waals surface area (Å²) in [5.41, 5.74) is 8.02. The summed E-state index contributed by atoms with van der Waals surface area (Å²) in [4.78, 5) is 25.5. The highest BCUT2D eigenvalue weighted by atomic mass is 16.4. The summed E-state index contributed by atoms with van der Waals surface area (Å²) in [6, 6.07) is 13.7. The SMILES string of the molecule is Nc1ccc(C(=O)N2CC(C(=O)O)c3ccccc32)cc1. The Labute approximate surface area is 121 Å². The molecule has 5 nitrogen and oxygen atoms in total. The largest absolute Gasteiger partial charge is 0.481 e. The maximum Gasteiger partial charge on any atom is 0.312 e. The predicted molar refractivity (Wildman–Crippen MR) is 79.3 cm³/mol. The van der Waals surface area contributed by atoms with Gasteiger partial charge in [-0.2, -0.15) is 0 Å². The van der Waals surface area contributed by atoms with E-state index in [0.29, 0.717) is 22.5 Å². The van der Waals surface area contributed by atoms with Crippen molar-refractivity contribution in [3.8, 4) is 0 Å². The van der Waals surface area contributed by atoms with E-state index in [0.717, 1.165) is 0 Å². The molecule has 2 aromatic carbocycles. The van der Waals surface area contributed by atoms with Gasteiger partial charge in [-0.25, -0.2) is 0 Å². The minimum Gasteiger partial charge on any atom is -0.481 e. The molecule has 0 saturated heterocycles. The molecule has 5 heteroatoms. The summed E-state index contributed by atoms with van der Waals surface area (Å²) >= 11 is 0. The quantitative estimate of drug-likeness (QED) is 0.826. The van der Waals surface area contributed by atoms with Crippen molar-refractivity contribution in [1.82, 2.24) is 0 Å². The van der Waals surface area contributed by atoms with E-state index in [1.807, 2.05) is 0 Å². The number of rotatable bonds is 2. The molecule has 106 valence electrons. The minimum absolute atomic E-state index is 0.151. The van der Waals surface area contributed by atoms with Crippen LogP contribution in [0, 0.1) is 0 Å². The topological polar surface area (TPSA) is 83.6 Å². The Morgan fingerprint density at radius 3 is 2.43 bits per heavy atom. The fourth-order valence-corrected chi connectivity index (χ4v) is 2.59. The van der Waals surface area contributed by atoms with Gasteiger partial charge >= 0.3 is 5.97 Å². The number of aliphatic carboxylic acids is 1. The molecule has 1 aliphatic rings.